The Balaban J connectivity index is 2.01. The summed E-state index contributed by atoms with van der Waals surface area (Å²) in [5, 5.41) is 10.6. The fourth-order valence-electron chi connectivity index (χ4n) is 3.87. The molecule has 1 aliphatic heterocycles. The summed E-state index contributed by atoms with van der Waals surface area (Å²) < 4.78 is 60.6. The van der Waals surface area contributed by atoms with E-state index >= 15 is 0 Å². The zero-order valence-corrected chi connectivity index (χ0v) is 18.1. The van der Waals surface area contributed by atoms with Crippen LogP contribution in [0.5, 0.6) is 5.75 Å². The van der Waals surface area contributed by atoms with Crippen LogP contribution in [0.15, 0.2) is 48.3 Å². The summed E-state index contributed by atoms with van der Waals surface area (Å²) in [6.45, 7) is 1.01. The van der Waals surface area contributed by atoms with Gasteiger partial charge in [-0.2, -0.15) is 0 Å². The molecule has 2 bridgehead atoms. The maximum Gasteiger partial charge on any atom is 0.255 e. The van der Waals surface area contributed by atoms with Crippen molar-refractivity contribution in [2.24, 2.45) is 0 Å². The van der Waals surface area contributed by atoms with Crippen LogP contribution in [0.25, 0.3) is 16.8 Å². The molecule has 10 heteroatoms. The minimum absolute atomic E-state index is 0.0104. The van der Waals surface area contributed by atoms with Crippen molar-refractivity contribution >= 4 is 17.7 Å². The van der Waals surface area contributed by atoms with E-state index in [0.29, 0.717) is 33.5 Å². The summed E-state index contributed by atoms with van der Waals surface area (Å²) >= 11 is 0. The fraction of sp³-hybridized carbons (Fsp3) is 0.208. The Morgan fingerprint density at radius 1 is 1.15 bits per heavy atom. The second-order valence-electron chi connectivity index (χ2n) is 7.74. The Hall–Kier alpha value is -3.95. The molecule has 0 unspecified atom stereocenters. The van der Waals surface area contributed by atoms with Crippen LogP contribution in [0.4, 0.5) is 23.4 Å². The number of nitrogen functional groups attached to an aromatic ring is 1. The molecule has 1 atom stereocenters. The number of alkyl halides is 2. The van der Waals surface area contributed by atoms with Gasteiger partial charge in [-0.1, -0.05) is 6.07 Å². The largest absolute Gasteiger partial charge is 0.482 e. The molecule has 1 aromatic carbocycles. The highest BCUT2D eigenvalue weighted by Crippen LogP contribution is 2.37. The molecule has 6 nitrogen and oxygen atoms in total. The molecular weight excluding hydrogens is 450 g/mol. The van der Waals surface area contributed by atoms with Crippen molar-refractivity contribution in [1.29, 1.82) is 5.41 Å². The van der Waals surface area contributed by atoms with E-state index in [9.17, 15) is 17.6 Å². The number of anilines is 1. The number of hydrogen-bond donors (Lipinski definition) is 3. The third-order valence-corrected chi connectivity index (χ3v) is 5.44. The van der Waals surface area contributed by atoms with E-state index in [1.165, 1.54) is 36.5 Å². The van der Waals surface area contributed by atoms with Gasteiger partial charge in [-0.05, 0) is 42.3 Å². The summed E-state index contributed by atoms with van der Waals surface area (Å²) in [6.07, 6.45) is 0.0482. The molecule has 4 N–H and O–H groups in total. The Bertz CT molecular complexity index is 1280. The van der Waals surface area contributed by atoms with Crippen molar-refractivity contribution in [1.82, 2.24) is 15.3 Å². The summed E-state index contributed by atoms with van der Waals surface area (Å²) in [4.78, 5) is 8.32. The van der Waals surface area contributed by atoms with Crippen LogP contribution in [-0.4, -0.2) is 29.2 Å². The quantitative estimate of drug-likeness (QED) is 0.371. The average molecular weight is 471 g/mol. The third kappa shape index (κ3) is 4.70. The van der Waals surface area contributed by atoms with E-state index < -0.39 is 30.7 Å². The number of fused-ring (bicyclic) bond motifs is 5. The van der Waals surface area contributed by atoms with Gasteiger partial charge in [0, 0.05) is 41.2 Å². The highest BCUT2D eigenvalue weighted by atomic mass is 19.3. The zero-order chi connectivity index (χ0) is 24.4. The van der Waals surface area contributed by atoms with E-state index in [1.807, 2.05) is 0 Å². The first-order chi connectivity index (χ1) is 16.3. The van der Waals surface area contributed by atoms with E-state index in [-0.39, 0.29) is 23.7 Å². The van der Waals surface area contributed by atoms with E-state index in [4.69, 9.17) is 15.9 Å². The highest BCUT2D eigenvalue weighted by molar-refractivity contribution is 5.90. The van der Waals surface area contributed by atoms with Crippen molar-refractivity contribution in [3.05, 3.63) is 76.8 Å². The molecule has 3 aromatic rings. The smallest absolute Gasteiger partial charge is 0.255 e. The van der Waals surface area contributed by atoms with Crippen LogP contribution >= 0.6 is 0 Å². The number of rotatable bonds is 4. The number of benzene rings is 1. The van der Waals surface area contributed by atoms with Gasteiger partial charge in [0.15, 0.2) is 11.6 Å². The van der Waals surface area contributed by atoms with Crippen LogP contribution in [0.2, 0.25) is 0 Å². The molecule has 0 radical (unpaired) electrons. The Kier molecular flexibility index (Phi) is 6.49. The molecule has 34 heavy (non-hydrogen) atoms. The van der Waals surface area contributed by atoms with Gasteiger partial charge in [-0.25, -0.2) is 22.5 Å². The molecule has 3 heterocycles. The normalized spacial score (nSPS) is 17.6. The molecule has 0 fully saturated rings. The highest BCUT2D eigenvalue weighted by Gasteiger charge is 2.23. The van der Waals surface area contributed by atoms with Crippen molar-refractivity contribution in [2.75, 3.05) is 12.3 Å². The summed E-state index contributed by atoms with van der Waals surface area (Å²) in [5.74, 6) is -0.919. The molecule has 0 saturated carbocycles. The van der Waals surface area contributed by atoms with Gasteiger partial charge in [0.1, 0.15) is 17.7 Å². The maximum absolute atomic E-state index is 14.3. The van der Waals surface area contributed by atoms with Crippen molar-refractivity contribution in [3.63, 3.8) is 0 Å². The monoisotopic (exact) mass is 471 g/mol. The average Bonchev–Trinajstić information content (AvgIpc) is 2.80. The summed E-state index contributed by atoms with van der Waals surface area (Å²) in [6, 6.07) is 6.82. The predicted molar refractivity (Wildman–Crippen MR) is 121 cm³/mol. The fourth-order valence-corrected chi connectivity index (χ4v) is 3.87. The first kappa shape index (κ1) is 23.2. The van der Waals surface area contributed by atoms with Gasteiger partial charge in [0.25, 0.3) is 6.43 Å². The van der Waals surface area contributed by atoms with Crippen molar-refractivity contribution in [3.8, 4) is 16.9 Å². The second kappa shape index (κ2) is 9.50. The topological polar surface area (TPSA) is 96.9 Å². The standard InChI is InChI=1S/C24H21F4N5O/c1-12-18-6-15(25)2-3-17(18)19-7-16(26)10-31-20(19)4-13(8-29)23(32-11-22(27)28)14-5-21(34-12)24(30)33-9-14/h2-3,5-10,12,22,29,32H,4,11H2,1H3,(H2,30,33)/b23-13-,29-8?/t12-/m1/s1. The van der Waals surface area contributed by atoms with Gasteiger partial charge in [0.05, 0.1) is 18.4 Å². The number of hydrogen-bond acceptors (Lipinski definition) is 6. The number of pyridine rings is 2. The molecule has 2 aromatic heterocycles. The van der Waals surface area contributed by atoms with Gasteiger partial charge in [0.2, 0.25) is 0 Å². The molecule has 1 aliphatic rings. The van der Waals surface area contributed by atoms with E-state index in [1.54, 1.807) is 6.92 Å². The number of nitrogens with one attached hydrogen (secondary N) is 2. The molecule has 0 spiro atoms. The first-order valence-electron chi connectivity index (χ1n) is 10.4. The lowest BCUT2D eigenvalue weighted by Crippen LogP contribution is -2.22. The molecular formula is C24H21F4N5O. The van der Waals surface area contributed by atoms with Crippen LogP contribution < -0.4 is 15.8 Å². The zero-order valence-electron chi connectivity index (χ0n) is 18.1. The van der Waals surface area contributed by atoms with Gasteiger partial charge < -0.3 is 21.2 Å². The van der Waals surface area contributed by atoms with Crippen LogP contribution in [-0.2, 0) is 6.42 Å². The number of allylic oxidation sites excluding steroid dienone is 1. The SMILES string of the molecule is C[C@H]1Oc2cc(cnc2N)/C(NCC(F)F)=C(/C=N)Cc2ncc(F)cc2-c2ccc(F)cc21. The van der Waals surface area contributed by atoms with Gasteiger partial charge in [-0.3, -0.25) is 4.98 Å². The van der Waals surface area contributed by atoms with Crippen LogP contribution in [0.3, 0.4) is 0 Å². The Morgan fingerprint density at radius 3 is 2.68 bits per heavy atom. The van der Waals surface area contributed by atoms with E-state index in [0.717, 1.165) is 12.4 Å². The minimum atomic E-state index is -2.65. The van der Waals surface area contributed by atoms with Crippen LogP contribution in [0.1, 0.15) is 29.8 Å². The Morgan fingerprint density at radius 2 is 1.94 bits per heavy atom. The lowest BCUT2D eigenvalue weighted by molar-refractivity contribution is 0.151. The third-order valence-electron chi connectivity index (χ3n) is 5.44. The number of halogens is 4. The first-order valence-corrected chi connectivity index (χ1v) is 10.4. The molecule has 0 saturated heterocycles. The van der Waals surface area contributed by atoms with Gasteiger partial charge in [-0.15, -0.1) is 0 Å². The maximum atomic E-state index is 14.3. The van der Waals surface area contributed by atoms with Crippen molar-refractivity contribution < 1.29 is 22.3 Å². The van der Waals surface area contributed by atoms with Gasteiger partial charge >= 0.3 is 0 Å². The van der Waals surface area contributed by atoms with Crippen LogP contribution in [0, 0.1) is 17.0 Å². The lowest BCUT2D eigenvalue weighted by atomic mass is 9.92. The predicted octanol–water partition coefficient (Wildman–Crippen LogP) is 4.92. The second-order valence-corrected chi connectivity index (χ2v) is 7.74. The molecule has 4 rings (SSSR count). The molecule has 176 valence electrons. The number of ether oxygens (including phenoxy) is 1. The van der Waals surface area contributed by atoms with E-state index in [2.05, 4.69) is 15.3 Å². The molecule has 0 aliphatic carbocycles. The number of aromatic nitrogens is 2. The minimum Gasteiger partial charge on any atom is -0.482 e. The summed E-state index contributed by atoms with van der Waals surface area (Å²) in [5.41, 5.74) is 8.52. The lowest BCUT2D eigenvalue weighted by Gasteiger charge is -2.23. The number of nitrogens with two attached hydrogens (primary N) is 1. The van der Waals surface area contributed by atoms with Crippen molar-refractivity contribution in [2.45, 2.75) is 25.9 Å². The number of nitrogens with zero attached hydrogens (tertiary/aromatic N) is 2. The molecule has 0 amide bonds. The summed E-state index contributed by atoms with van der Waals surface area (Å²) in [7, 11) is 0. The Labute approximate surface area is 193 Å².